The number of pyridine rings is 1. The predicted molar refractivity (Wildman–Crippen MR) is 149 cm³/mol. The molecule has 1 fully saturated rings. The highest BCUT2D eigenvalue weighted by Crippen LogP contribution is 2.38. The number of nitrogens with zero attached hydrogens (tertiary/aromatic N) is 4. The van der Waals surface area contributed by atoms with Gasteiger partial charge in [-0.05, 0) is 55.9 Å². The standard InChI is InChI=1S/C28H28F3N5O4S/c1-4-36-25-18(13-22(26(36)37)21-14-20(41(3,38)39)9-10-23(21)28(29,30)31)15-32-27(34-25)33-19-7-5-17(6-8-19)24-16-35(2)11-12-40-24/h5-10,13-15,24H,4,11-12,16H2,1-3H3,(H,32,33,34). The van der Waals surface area contributed by atoms with Crippen molar-refractivity contribution in [1.29, 1.82) is 0 Å². The first-order valence-electron chi connectivity index (χ1n) is 12.8. The fraction of sp³-hybridized carbons (Fsp3) is 0.321. The van der Waals surface area contributed by atoms with E-state index in [-0.39, 0.29) is 34.7 Å². The van der Waals surface area contributed by atoms with Crippen LogP contribution in [0.3, 0.4) is 0 Å². The molecule has 1 unspecified atom stereocenters. The lowest BCUT2D eigenvalue weighted by atomic mass is 9.99. The largest absolute Gasteiger partial charge is 0.417 e. The van der Waals surface area contributed by atoms with Crippen molar-refractivity contribution in [2.24, 2.45) is 0 Å². The normalized spacial score (nSPS) is 16.7. The number of nitrogens with one attached hydrogen (secondary N) is 1. The Bertz CT molecular complexity index is 1770. The van der Waals surface area contributed by atoms with Gasteiger partial charge in [-0.2, -0.15) is 18.2 Å². The highest BCUT2D eigenvalue weighted by Gasteiger charge is 2.35. The second-order valence-electron chi connectivity index (χ2n) is 9.93. The number of likely N-dealkylation sites (N-methyl/N-ethyl adjacent to an activating group) is 1. The summed E-state index contributed by atoms with van der Waals surface area (Å²) in [7, 11) is -1.79. The SMILES string of the molecule is CCn1c(=O)c(-c2cc(S(C)(=O)=O)ccc2C(F)(F)F)cc2cnc(Nc3ccc(C4CN(C)CCO4)cc3)nc21. The van der Waals surface area contributed by atoms with E-state index < -0.39 is 32.7 Å². The molecule has 1 saturated heterocycles. The van der Waals surface area contributed by atoms with Gasteiger partial charge in [0.2, 0.25) is 5.95 Å². The van der Waals surface area contributed by atoms with Gasteiger partial charge in [0.15, 0.2) is 9.84 Å². The Balaban J connectivity index is 1.53. The summed E-state index contributed by atoms with van der Waals surface area (Å²) >= 11 is 0. The van der Waals surface area contributed by atoms with E-state index in [1.807, 2.05) is 31.3 Å². The van der Waals surface area contributed by atoms with E-state index in [9.17, 15) is 26.4 Å². The van der Waals surface area contributed by atoms with E-state index in [0.29, 0.717) is 23.7 Å². The lowest BCUT2D eigenvalue weighted by molar-refractivity contribution is -0.137. The van der Waals surface area contributed by atoms with E-state index in [4.69, 9.17) is 4.74 Å². The number of aryl methyl sites for hydroxylation is 1. The Morgan fingerprint density at radius 2 is 1.83 bits per heavy atom. The minimum absolute atomic E-state index is 0.0242. The van der Waals surface area contributed by atoms with Gasteiger partial charge < -0.3 is 15.0 Å². The first-order chi connectivity index (χ1) is 19.3. The first-order valence-corrected chi connectivity index (χ1v) is 14.7. The van der Waals surface area contributed by atoms with Crippen molar-refractivity contribution in [3.05, 3.63) is 76.2 Å². The van der Waals surface area contributed by atoms with Crippen LogP contribution >= 0.6 is 0 Å². The molecule has 0 saturated carbocycles. The number of morpholine rings is 1. The highest BCUT2D eigenvalue weighted by atomic mass is 32.2. The number of hydrogen-bond acceptors (Lipinski definition) is 8. The predicted octanol–water partition coefficient (Wildman–Crippen LogP) is 4.65. The molecule has 1 N–H and O–H groups in total. The summed E-state index contributed by atoms with van der Waals surface area (Å²) < 4.78 is 73.0. The van der Waals surface area contributed by atoms with Crippen LogP contribution in [0.4, 0.5) is 24.8 Å². The Hall–Kier alpha value is -3.81. The van der Waals surface area contributed by atoms with Gasteiger partial charge in [0.1, 0.15) is 5.65 Å². The molecule has 5 rings (SSSR count). The van der Waals surface area contributed by atoms with Crippen molar-refractivity contribution in [2.45, 2.75) is 30.6 Å². The molecule has 2 aromatic carbocycles. The molecule has 1 aliphatic heterocycles. The van der Waals surface area contributed by atoms with Crippen molar-refractivity contribution in [2.75, 3.05) is 38.3 Å². The monoisotopic (exact) mass is 587 g/mol. The number of ether oxygens (including phenoxy) is 1. The maximum atomic E-state index is 13.9. The number of hydrogen-bond donors (Lipinski definition) is 1. The Kier molecular flexibility index (Phi) is 7.62. The Labute approximate surface area is 234 Å². The zero-order chi connectivity index (χ0) is 29.5. The van der Waals surface area contributed by atoms with Crippen LogP contribution in [0.2, 0.25) is 0 Å². The van der Waals surface area contributed by atoms with Crippen LogP contribution < -0.4 is 10.9 Å². The molecule has 1 aliphatic rings. The first kappa shape index (κ1) is 28.7. The van der Waals surface area contributed by atoms with Crippen LogP contribution in [-0.4, -0.2) is 60.9 Å². The topological polar surface area (TPSA) is 106 Å². The summed E-state index contributed by atoms with van der Waals surface area (Å²) in [6.07, 6.45) is -2.54. The quantitative estimate of drug-likeness (QED) is 0.348. The average molecular weight is 588 g/mol. The van der Waals surface area contributed by atoms with Gasteiger partial charge in [-0.15, -0.1) is 0 Å². The highest BCUT2D eigenvalue weighted by molar-refractivity contribution is 7.90. The summed E-state index contributed by atoms with van der Waals surface area (Å²) in [4.78, 5) is 24.1. The molecule has 0 aliphatic carbocycles. The molecule has 9 nitrogen and oxygen atoms in total. The molecule has 2 aromatic heterocycles. The molecule has 0 amide bonds. The van der Waals surface area contributed by atoms with E-state index >= 15 is 0 Å². The Morgan fingerprint density at radius 1 is 1.10 bits per heavy atom. The third-order valence-electron chi connectivity index (χ3n) is 6.97. The van der Waals surface area contributed by atoms with Crippen molar-refractivity contribution in [3.8, 4) is 11.1 Å². The Morgan fingerprint density at radius 3 is 2.46 bits per heavy atom. The third kappa shape index (κ3) is 5.97. The maximum absolute atomic E-state index is 13.9. The van der Waals surface area contributed by atoms with Gasteiger partial charge in [-0.25, -0.2) is 13.4 Å². The molecule has 13 heteroatoms. The lowest BCUT2D eigenvalue weighted by Gasteiger charge is -2.30. The summed E-state index contributed by atoms with van der Waals surface area (Å²) in [5.74, 6) is 0.198. The number of fused-ring (bicyclic) bond motifs is 1. The second-order valence-corrected chi connectivity index (χ2v) is 11.9. The molecular formula is C28H28F3N5O4S. The molecular weight excluding hydrogens is 559 g/mol. The van der Waals surface area contributed by atoms with Gasteiger partial charge in [0.05, 0.1) is 23.2 Å². The zero-order valence-electron chi connectivity index (χ0n) is 22.6. The minimum atomic E-state index is -4.82. The molecule has 0 spiro atoms. The number of halogens is 3. The van der Waals surface area contributed by atoms with Crippen LogP contribution in [0.15, 0.2) is 64.4 Å². The lowest BCUT2D eigenvalue weighted by Crippen LogP contribution is -2.35. The van der Waals surface area contributed by atoms with Crippen LogP contribution in [-0.2, 0) is 27.3 Å². The van der Waals surface area contributed by atoms with Crippen LogP contribution in [0.1, 0.15) is 24.2 Å². The molecule has 1 atom stereocenters. The van der Waals surface area contributed by atoms with E-state index in [1.54, 1.807) is 6.92 Å². The number of anilines is 2. The van der Waals surface area contributed by atoms with Crippen LogP contribution in [0.25, 0.3) is 22.2 Å². The third-order valence-corrected chi connectivity index (χ3v) is 8.08. The van der Waals surface area contributed by atoms with Gasteiger partial charge in [0.25, 0.3) is 5.56 Å². The van der Waals surface area contributed by atoms with Crippen molar-refractivity contribution in [3.63, 3.8) is 0 Å². The summed E-state index contributed by atoms with van der Waals surface area (Å²) in [6.45, 7) is 4.11. The number of benzene rings is 2. The number of alkyl halides is 3. The summed E-state index contributed by atoms with van der Waals surface area (Å²) in [5.41, 5.74) is -0.710. The van der Waals surface area contributed by atoms with E-state index in [2.05, 4.69) is 20.2 Å². The van der Waals surface area contributed by atoms with Crippen LogP contribution in [0.5, 0.6) is 0 Å². The fourth-order valence-electron chi connectivity index (χ4n) is 4.82. The average Bonchev–Trinajstić information content (AvgIpc) is 2.92. The molecule has 0 radical (unpaired) electrons. The smallest absolute Gasteiger partial charge is 0.371 e. The molecule has 3 heterocycles. The number of sulfone groups is 1. The van der Waals surface area contributed by atoms with Gasteiger partial charge in [0, 0.05) is 54.3 Å². The van der Waals surface area contributed by atoms with Crippen LogP contribution in [0, 0.1) is 0 Å². The van der Waals surface area contributed by atoms with Gasteiger partial charge in [-0.3, -0.25) is 9.36 Å². The molecule has 41 heavy (non-hydrogen) atoms. The van der Waals surface area contributed by atoms with Crippen molar-refractivity contribution in [1.82, 2.24) is 19.4 Å². The van der Waals surface area contributed by atoms with Crippen molar-refractivity contribution < 1.29 is 26.3 Å². The van der Waals surface area contributed by atoms with Crippen molar-refractivity contribution >= 4 is 32.5 Å². The zero-order valence-corrected chi connectivity index (χ0v) is 23.4. The van der Waals surface area contributed by atoms with E-state index in [1.165, 1.54) is 16.8 Å². The number of rotatable bonds is 6. The molecule has 0 bridgehead atoms. The van der Waals surface area contributed by atoms with Gasteiger partial charge >= 0.3 is 6.18 Å². The van der Waals surface area contributed by atoms with Gasteiger partial charge in [-0.1, -0.05) is 12.1 Å². The maximum Gasteiger partial charge on any atom is 0.417 e. The number of aromatic nitrogens is 3. The fourth-order valence-corrected chi connectivity index (χ4v) is 5.47. The minimum Gasteiger partial charge on any atom is -0.371 e. The second kappa shape index (κ2) is 10.9. The molecule has 216 valence electrons. The van der Waals surface area contributed by atoms with E-state index in [0.717, 1.165) is 37.0 Å². The summed E-state index contributed by atoms with van der Waals surface area (Å²) in [5, 5.41) is 3.42. The summed E-state index contributed by atoms with van der Waals surface area (Å²) in [6, 6.07) is 11.3. The molecule has 4 aromatic rings.